The number of carbonyl (C=O) groups excluding carboxylic acids is 1. The van der Waals surface area contributed by atoms with Crippen molar-refractivity contribution in [3.63, 3.8) is 0 Å². The van der Waals surface area contributed by atoms with Crippen molar-refractivity contribution in [3.8, 4) is 0 Å². The SMILES string of the molecule is O=C1CC2=CC=CCC2C23CC2CN=C13. The van der Waals surface area contributed by atoms with Gasteiger partial charge in [0.25, 0.3) is 0 Å². The molecule has 15 heavy (non-hydrogen) atoms. The summed E-state index contributed by atoms with van der Waals surface area (Å²) in [4.78, 5) is 16.4. The Morgan fingerprint density at radius 1 is 1.47 bits per heavy atom. The zero-order valence-corrected chi connectivity index (χ0v) is 8.57. The van der Waals surface area contributed by atoms with Crippen molar-refractivity contribution in [1.29, 1.82) is 0 Å². The molecule has 76 valence electrons. The monoisotopic (exact) mass is 199 g/mol. The molecule has 0 N–H and O–H groups in total. The van der Waals surface area contributed by atoms with Gasteiger partial charge < -0.3 is 0 Å². The molecule has 2 fully saturated rings. The van der Waals surface area contributed by atoms with Gasteiger partial charge in [0.2, 0.25) is 0 Å². The molecule has 1 aliphatic heterocycles. The van der Waals surface area contributed by atoms with Crippen molar-refractivity contribution in [2.75, 3.05) is 6.54 Å². The predicted octanol–water partition coefficient (Wildman–Crippen LogP) is 1.92. The molecule has 3 unspecified atom stereocenters. The Morgan fingerprint density at radius 2 is 2.40 bits per heavy atom. The number of hydrogen-bond acceptors (Lipinski definition) is 2. The lowest BCUT2D eigenvalue weighted by Crippen LogP contribution is -2.38. The van der Waals surface area contributed by atoms with E-state index >= 15 is 0 Å². The third kappa shape index (κ3) is 0.782. The second kappa shape index (κ2) is 2.31. The van der Waals surface area contributed by atoms with Crippen molar-refractivity contribution >= 4 is 11.5 Å². The van der Waals surface area contributed by atoms with Crippen LogP contribution in [0.25, 0.3) is 0 Å². The van der Waals surface area contributed by atoms with Gasteiger partial charge in [-0.05, 0) is 24.7 Å². The van der Waals surface area contributed by atoms with Gasteiger partial charge in [-0.1, -0.05) is 23.8 Å². The summed E-state index contributed by atoms with van der Waals surface area (Å²) in [5.41, 5.74) is 2.52. The van der Waals surface area contributed by atoms with Crippen LogP contribution in [0.2, 0.25) is 0 Å². The highest BCUT2D eigenvalue weighted by atomic mass is 16.1. The van der Waals surface area contributed by atoms with Gasteiger partial charge in [-0.25, -0.2) is 0 Å². The van der Waals surface area contributed by atoms with Crippen LogP contribution in [0.5, 0.6) is 0 Å². The van der Waals surface area contributed by atoms with E-state index in [2.05, 4.69) is 23.2 Å². The first kappa shape index (κ1) is 8.03. The van der Waals surface area contributed by atoms with E-state index in [1.807, 2.05) is 0 Å². The molecule has 3 aliphatic carbocycles. The molecule has 0 aromatic rings. The summed E-state index contributed by atoms with van der Waals surface area (Å²) in [6, 6.07) is 0. The Hall–Kier alpha value is -1.18. The molecule has 4 aliphatic rings. The van der Waals surface area contributed by atoms with Gasteiger partial charge in [0.1, 0.15) is 0 Å². The van der Waals surface area contributed by atoms with Gasteiger partial charge in [0.05, 0.1) is 5.71 Å². The predicted molar refractivity (Wildman–Crippen MR) is 57.8 cm³/mol. The maximum absolute atomic E-state index is 12.0. The van der Waals surface area contributed by atoms with E-state index in [-0.39, 0.29) is 5.41 Å². The number of Topliss-reactive ketones (excluding diaryl/α,β-unsaturated/α-hetero) is 1. The molecule has 0 radical (unpaired) electrons. The van der Waals surface area contributed by atoms with Crippen molar-refractivity contribution < 1.29 is 4.79 Å². The Labute approximate surface area is 88.8 Å². The van der Waals surface area contributed by atoms with Crippen LogP contribution >= 0.6 is 0 Å². The van der Waals surface area contributed by atoms with Crippen molar-refractivity contribution in [1.82, 2.24) is 0 Å². The Bertz CT molecular complexity index is 457. The van der Waals surface area contributed by atoms with Crippen molar-refractivity contribution in [2.24, 2.45) is 22.2 Å². The van der Waals surface area contributed by atoms with Gasteiger partial charge in [0.15, 0.2) is 5.78 Å². The number of nitrogens with zero attached hydrogens (tertiary/aromatic N) is 1. The zero-order valence-electron chi connectivity index (χ0n) is 8.57. The molecule has 2 saturated carbocycles. The minimum absolute atomic E-state index is 0.200. The third-order valence-electron chi connectivity index (χ3n) is 4.58. The summed E-state index contributed by atoms with van der Waals surface area (Å²) >= 11 is 0. The minimum atomic E-state index is 0.200. The molecule has 2 heteroatoms. The quantitative estimate of drug-likeness (QED) is 0.586. The van der Waals surface area contributed by atoms with Crippen LogP contribution in [0.4, 0.5) is 0 Å². The van der Waals surface area contributed by atoms with E-state index in [1.54, 1.807) is 0 Å². The highest BCUT2D eigenvalue weighted by Gasteiger charge is 2.68. The van der Waals surface area contributed by atoms with Crippen LogP contribution in [0.1, 0.15) is 19.3 Å². The summed E-state index contributed by atoms with van der Waals surface area (Å²) in [6.07, 6.45) is 9.46. The zero-order chi connectivity index (χ0) is 10.0. The van der Waals surface area contributed by atoms with Gasteiger partial charge in [-0.3, -0.25) is 9.79 Å². The van der Waals surface area contributed by atoms with Crippen LogP contribution in [0.3, 0.4) is 0 Å². The fraction of sp³-hybridized carbons (Fsp3) is 0.538. The Kier molecular flexibility index (Phi) is 1.24. The standard InChI is InChI=1S/C13H13NO/c15-11-5-8-3-1-2-4-10(8)13-6-9(13)7-14-12(11)13/h1-3,9-10H,4-7H2. The van der Waals surface area contributed by atoms with Gasteiger partial charge >= 0.3 is 0 Å². The van der Waals surface area contributed by atoms with Gasteiger partial charge in [-0.15, -0.1) is 0 Å². The first-order chi connectivity index (χ1) is 7.32. The first-order valence-corrected chi connectivity index (χ1v) is 5.76. The second-order valence-corrected chi connectivity index (χ2v) is 5.19. The van der Waals surface area contributed by atoms with E-state index in [4.69, 9.17) is 0 Å². The fourth-order valence-corrected chi connectivity index (χ4v) is 3.82. The second-order valence-electron chi connectivity index (χ2n) is 5.19. The van der Waals surface area contributed by atoms with Crippen LogP contribution < -0.4 is 0 Å². The number of allylic oxidation sites excluding steroid dienone is 4. The fourth-order valence-electron chi connectivity index (χ4n) is 3.82. The smallest absolute Gasteiger partial charge is 0.181 e. The van der Waals surface area contributed by atoms with E-state index in [9.17, 15) is 4.79 Å². The summed E-state index contributed by atoms with van der Waals surface area (Å²) in [6.45, 7) is 0.911. The van der Waals surface area contributed by atoms with Crippen molar-refractivity contribution in [3.05, 3.63) is 23.8 Å². The van der Waals surface area contributed by atoms with Crippen LogP contribution in [-0.4, -0.2) is 18.0 Å². The Balaban J connectivity index is 1.87. The van der Waals surface area contributed by atoms with E-state index < -0.39 is 0 Å². The van der Waals surface area contributed by atoms with Crippen LogP contribution in [0, 0.1) is 17.3 Å². The third-order valence-corrected chi connectivity index (χ3v) is 4.58. The van der Waals surface area contributed by atoms with Crippen molar-refractivity contribution in [2.45, 2.75) is 19.3 Å². The number of carbonyl (C=O) groups is 1. The average molecular weight is 199 g/mol. The van der Waals surface area contributed by atoms with E-state index in [0.29, 0.717) is 24.0 Å². The molecule has 0 saturated heterocycles. The molecule has 3 atom stereocenters. The van der Waals surface area contributed by atoms with Crippen LogP contribution in [-0.2, 0) is 4.79 Å². The maximum Gasteiger partial charge on any atom is 0.181 e. The summed E-state index contributed by atoms with van der Waals surface area (Å²) in [5, 5.41) is 0. The highest BCUT2D eigenvalue weighted by Crippen LogP contribution is 2.67. The van der Waals surface area contributed by atoms with Gasteiger partial charge in [0, 0.05) is 18.4 Å². The normalized spacial score (nSPS) is 45.2. The number of hydrogen-bond donors (Lipinski definition) is 0. The first-order valence-electron chi connectivity index (χ1n) is 5.76. The van der Waals surface area contributed by atoms with Gasteiger partial charge in [-0.2, -0.15) is 0 Å². The number of rotatable bonds is 0. The topological polar surface area (TPSA) is 29.4 Å². The average Bonchev–Trinajstić information content (AvgIpc) is 2.84. The summed E-state index contributed by atoms with van der Waals surface area (Å²) < 4.78 is 0. The lowest BCUT2D eigenvalue weighted by atomic mass is 9.68. The lowest BCUT2D eigenvalue weighted by molar-refractivity contribution is -0.113. The molecular weight excluding hydrogens is 186 g/mol. The lowest BCUT2D eigenvalue weighted by Gasteiger charge is -2.34. The highest BCUT2D eigenvalue weighted by molar-refractivity contribution is 6.44. The van der Waals surface area contributed by atoms with E-state index in [0.717, 1.165) is 18.7 Å². The Morgan fingerprint density at radius 3 is 3.27 bits per heavy atom. The number of ketones is 1. The molecule has 1 spiro atoms. The minimum Gasteiger partial charge on any atom is -0.292 e. The summed E-state index contributed by atoms with van der Waals surface area (Å²) in [7, 11) is 0. The van der Waals surface area contributed by atoms with Crippen LogP contribution in [0.15, 0.2) is 28.8 Å². The van der Waals surface area contributed by atoms with E-state index in [1.165, 1.54) is 12.0 Å². The molecule has 2 nitrogen and oxygen atoms in total. The molecule has 0 bridgehead atoms. The molecule has 1 heterocycles. The molecule has 4 rings (SSSR count). The molecule has 0 aromatic carbocycles. The molecule has 0 aromatic heterocycles. The molecular formula is C13H13NO. The number of fused-ring (bicyclic) bond motifs is 1. The summed E-state index contributed by atoms with van der Waals surface area (Å²) in [5.74, 6) is 1.59. The largest absolute Gasteiger partial charge is 0.292 e. The maximum atomic E-state index is 12.0. The molecule has 0 amide bonds. The number of aliphatic imine (C=N–C) groups is 1.